The molecular formula is C18H19NO2. The summed E-state index contributed by atoms with van der Waals surface area (Å²) in [6, 6.07) is 15.7. The molecule has 1 aliphatic rings. The van der Waals surface area contributed by atoms with E-state index in [2.05, 4.69) is 0 Å². The quantitative estimate of drug-likeness (QED) is 0.860. The Bertz CT molecular complexity index is 628. The number of likely N-dealkylation sites (tertiary alicyclic amines) is 1. The Morgan fingerprint density at radius 2 is 1.67 bits per heavy atom. The molecule has 0 saturated carbocycles. The molecular weight excluding hydrogens is 262 g/mol. The molecule has 1 saturated heterocycles. The number of benzene rings is 2. The van der Waals surface area contributed by atoms with E-state index in [0.29, 0.717) is 0 Å². The third kappa shape index (κ3) is 2.77. The maximum atomic E-state index is 12.7. The molecule has 1 aliphatic heterocycles. The maximum Gasteiger partial charge on any atom is 0.254 e. The lowest BCUT2D eigenvalue weighted by molar-refractivity contribution is 0.0793. The molecule has 3 heteroatoms. The lowest BCUT2D eigenvalue weighted by Gasteiger charge is -2.17. The highest BCUT2D eigenvalue weighted by Crippen LogP contribution is 2.27. The molecule has 0 N–H and O–H groups in total. The van der Waals surface area contributed by atoms with E-state index in [1.165, 1.54) is 0 Å². The third-order valence-electron chi connectivity index (χ3n) is 3.95. The number of hydrogen-bond acceptors (Lipinski definition) is 2. The van der Waals surface area contributed by atoms with E-state index < -0.39 is 0 Å². The molecule has 0 aliphatic carbocycles. The van der Waals surface area contributed by atoms with Crippen molar-refractivity contribution >= 4 is 5.91 Å². The van der Waals surface area contributed by atoms with Gasteiger partial charge in [0.15, 0.2) is 0 Å². The Balaban J connectivity index is 1.96. The van der Waals surface area contributed by atoms with Crippen molar-refractivity contribution in [2.24, 2.45) is 0 Å². The molecule has 2 aromatic rings. The second kappa shape index (κ2) is 6.00. The lowest BCUT2D eigenvalue weighted by Crippen LogP contribution is -2.28. The standard InChI is InChI=1S/C18H19NO2/c1-21-15-10-8-14(9-11-15)16-6-2-3-7-17(16)18(20)19-12-4-5-13-19/h2-3,6-11H,4-5,12-13H2,1H3. The van der Waals surface area contributed by atoms with Crippen LogP contribution in [0.5, 0.6) is 5.75 Å². The Kier molecular flexibility index (Phi) is 3.91. The number of nitrogens with zero attached hydrogens (tertiary/aromatic N) is 1. The summed E-state index contributed by atoms with van der Waals surface area (Å²) in [4.78, 5) is 14.6. The van der Waals surface area contributed by atoms with Crippen LogP contribution in [-0.2, 0) is 0 Å². The van der Waals surface area contributed by atoms with Gasteiger partial charge in [0.25, 0.3) is 5.91 Å². The smallest absolute Gasteiger partial charge is 0.254 e. The van der Waals surface area contributed by atoms with Crippen LogP contribution in [0.15, 0.2) is 48.5 Å². The van der Waals surface area contributed by atoms with Crippen molar-refractivity contribution in [1.82, 2.24) is 4.90 Å². The highest BCUT2D eigenvalue weighted by Gasteiger charge is 2.21. The number of carbonyl (C=O) groups excluding carboxylic acids is 1. The van der Waals surface area contributed by atoms with E-state index in [4.69, 9.17) is 4.74 Å². The van der Waals surface area contributed by atoms with Crippen molar-refractivity contribution < 1.29 is 9.53 Å². The summed E-state index contributed by atoms with van der Waals surface area (Å²) in [5, 5.41) is 0. The maximum absolute atomic E-state index is 12.7. The highest BCUT2D eigenvalue weighted by atomic mass is 16.5. The van der Waals surface area contributed by atoms with Crippen molar-refractivity contribution in [3.8, 4) is 16.9 Å². The van der Waals surface area contributed by atoms with Gasteiger partial charge in [-0.1, -0.05) is 30.3 Å². The largest absolute Gasteiger partial charge is 0.497 e. The molecule has 3 rings (SSSR count). The number of hydrogen-bond donors (Lipinski definition) is 0. The second-order valence-corrected chi connectivity index (χ2v) is 5.27. The minimum atomic E-state index is 0.138. The van der Waals surface area contributed by atoms with E-state index in [9.17, 15) is 4.79 Å². The fraction of sp³-hybridized carbons (Fsp3) is 0.278. The Labute approximate surface area is 125 Å². The van der Waals surface area contributed by atoms with Crippen LogP contribution in [0.1, 0.15) is 23.2 Å². The van der Waals surface area contributed by atoms with E-state index in [1.807, 2.05) is 53.4 Å². The van der Waals surface area contributed by atoms with Crippen LogP contribution in [-0.4, -0.2) is 31.0 Å². The molecule has 108 valence electrons. The Hall–Kier alpha value is -2.29. The summed E-state index contributed by atoms with van der Waals surface area (Å²) in [5.74, 6) is 0.959. The van der Waals surface area contributed by atoms with Gasteiger partial charge < -0.3 is 9.64 Å². The molecule has 3 nitrogen and oxygen atoms in total. The SMILES string of the molecule is COc1ccc(-c2ccccc2C(=O)N2CCCC2)cc1. The fourth-order valence-corrected chi connectivity index (χ4v) is 2.78. The zero-order chi connectivity index (χ0) is 14.7. The van der Waals surface area contributed by atoms with Gasteiger partial charge in [0.05, 0.1) is 7.11 Å². The molecule has 1 fully saturated rings. The predicted molar refractivity (Wildman–Crippen MR) is 83.6 cm³/mol. The summed E-state index contributed by atoms with van der Waals surface area (Å²) < 4.78 is 5.19. The molecule has 21 heavy (non-hydrogen) atoms. The average Bonchev–Trinajstić information content (AvgIpc) is 3.09. The molecule has 1 amide bonds. The minimum Gasteiger partial charge on any atom is -0.497 e. The van der Waals surface area contributed by atoms with Gasteiger partial charge in [-0.15, -0.1) is 0 Å². The van der Waals surface area contributed by atoms with Crippen LogP contribution in [0.25, 0.3) is 11.1 Å². The normalized spacial score (nSPS) is 14.2. The summed E-state index contributed by atoms with van der Waals surface area (Å²) in [5.41, 5.74) is 2.81. The monoisotopic (exact) mass is 281 g/mol. The average molecular weight is 281 g/mol. The summed E-state index contributed by atoms with van der Waals surface area (Å²) >= 11 is 0. The van der Waals surface area contributed by atoms with Gasteiger partial charge in [-0.3, -0.25) is 4.79 Å². The first-order chi connectivity index (χ1) is 10.3. The van der Waals surface area contributed by atoms with Gasteiger partial charge in [0, 0.05) is 18.7 Å². The number of methoxy groups -OCH3 is 1. The van der Waals surface area contributed by atoms with Crippen molar-refractivity contribution in [3.63, 3.8) is 0 Å². The molecule has 0 radical (unpaired) electrons. The fourth-order valence-electron chi connectivity index (χ4n) is 2.78. The molecule has 2 aromatic carbocycles. The van der Waals surface area contributed by atoms with Crippen LogP contribution in [0.3, 0.4) is 0 Å². The van der Waals surface area contributed by atoms with Crippen molar-refractivity contribution in [2.45, 2.75) is 12.8 Å². The highest BCUT2D eigenvalue weighted by molar-refractivity contribution is 6.01. The van der Waals surface area contributed by atoms with Crippen LogP contribution in [0.2, 0.25) is 0 Å². The predicted octanol–water partition coefficient (Wildman–Crippen LogP) is 3.60. The second-order valence-electron chi connectivity index (χ2n) is 5.27. The number of carbonyl (C=O) groups is 1. The first kappa shape index (κ1) is 13.7. The molecule has 0 atom stereocenters. The summed E-state index contributed by atoms with van der Waals surface area (Å²) in [6.45, 7) is 1.74. The lowest BCUT2D eigenvalue weighted by atomic mass is 9.99. The van der Waals surface area contributed by atoms with Gasteiger partial charge in [-0.25, -0.2) is 0 Å². The van der Waals surface area contributed by atoms with Crippen molar-refractivity contribution in [1.29, 1.82) is 0 Å². The minimum absolute atomic E-state index is 0.138. The van der Waals surface area contributed by atoms with Gasteiger partial charge >= 0.3 is 0 Å². The summed E-state index contributed by atoms with van der Waals surface area (Å²) in [6.07, 6.45) is 2.22. The van der Waals surface area contributed by atoms with E-state index in [1.54, 1.807) is 7.11 Å². The van der Waals surface area contributed by atoms with Crippen molar-refractivity contribution in [3.05, 3.63) is 54.1 Å². The van der Waals surface area contributed by atoms with Crippen LogP contribution in [0, 0.1) is 0 Å². The summed E-state index contributed by atoms with van der Waals surface area (Å²) in [7, 11) is 1.65. The van der Waals surface area contributed by atoms with Crippen LogP contribution < -0.4 is 4.74 Å². The van der Waals surface area contributed by atoms with Crippen LogP contribution in [0.4, 0.5) is 0 Å². The zero-order valence-electron chi connectivity index (χ0n) is 12.2. The molecule has 0 aromatic heterocycles. The van der Waals surface area contributed by atoms with E-state index >= 15 is 0 Å². The molecule has 0 bridgehead atoms. The number of amides is 1. The van der Waals surface area contributed by atoms with Gasteiger partial charge in [-0.2, -0.15) is 0 Å². The zero-order valence-corrected chi connectivity index (χ0v) is 12.2. The molecule has 0 spiro atoms. The first-order valence-electron chi connectivity index (χ1n) is 7.32. The number of rotatable bonds is 3. The number of ether oxygens (including phenoxy) is 1. The Morgan fingerprint density at radius 3 is 2.33 bits per heavy atom. The van der Waals surface area contributed by atoms with Crippen molar-refractivity contribution in [2.75, 3.05) is 20.2 Å². The molecule has 1 heterocycles. The molecule has 0 unspecified atom stereocenters. The first-order valence-corrected chi connectivity index (χ1v) is 7.32. The van der Waals surface area contributed by atoms with Gasteiger partial charge in [0.1, 0.15) is 5.75 Å². The van der Waals surface area contributed by atoms with Crippen LogP contribution >= 0.6 is 0 Å². The topological polar surface area (TPSA) is 29.5 Å². The Morgan fingerprint density at radius 1 is 1.00 bits per heavy atom. The van der Waals surface area contributed by atoms with Gasteiger partial charge in [-0.05, 0) is 42.2 Å². The van der Waals surface area contributed by atoms with E-state index in [0.717, 1.165) is 48.4 Å². The van der Waals surface area contributed by atoms with Gasteiger partial charge in [0.2, 0.25) is 0 Å². The van der Waals surface area contributed by atoms with E-state index in [-0.39, 0.29) is 5.91 Å². The third-order valence-corrected chi connectivity index (χ3v) is 3.95.